The van der Waals surface area contributed by atoms with Crippen molar-refractivity contribution in [2.24, 2.45) is 4.99 Å². The molecule has 0 bridgehead atoms. The summed E-state index contributed by atoms with van der Waals surface area (Å²) in [5, 5.41) is 6.69. The lowest BCUT2D eigenvalue weighted by molar-refractivity contribution is -0.117. The van der Waals surface area contributed by atoms with Crippen LogP contribution in [0.15, 0.2) is 41.4 Å². The van der Waals surface area contributed by atoms with Gasteiger partial charge in [0.25, 0.3) is 0 Å². The van der Waals surface area contributed by atoms with Crippen LogP contribution in [0.5, 0.6) is 11.5 Å². The summed E-state index contributed by atoms with van der Waals surface area (Å²) in [4.78, 5) is 18.5. The average molecular weight is 437 g/mol. The lowest BCUT2D eigenvalue weighted by Crippen LogP contribution is -2.36. The highest BCUT2D eigenvalue weighted by Crippen LogP contribution is 2.34. The first-order valence-corrected chi connectivity index (χ1v) is 11.3. The Kier molecular flexibility index (Phi) is 6.83. The molecule has 7 heteroatoms. The van der Waals surface area contributed by atoms with Crippen LogP contribution in [-0.2, 0) is 24.3 Å². The van der Waals surface area contributed by atoms with E-state index in [4.69, 9.17) is 14.5 Å². The number of benzene rings is 2. The molecule has 0 radical (unpaired) electrons. The van der Waals surface area contributed by atoms with Crippen molar-refractivity contribution in [2.75, 3.05) is 25.1 Å². The molecule has 2 aromatic carbocycles. The number of hydrogen-bond acceptors (Lipinski definition) is 4. The zero-order chi connectivity index (χ0) is 22.5. The summed E-state index contributed by atoms with van der Waals surface area (Å²) in [6.07, 6.45) is 2.69. The summed E-state index contributed by atoms with van der Waals surface area (Å²) in [5.74, 6) is 2.74. The van der Waals surface area contributed by atoms with Crippen LogP contribution in [0.25, 0.3) is 0 Å². The van der Waals surface area contributed by atoms with Crippen LogP contribution < -0.4 is 25.0 Å². The topological polar surface area (TPSA) is 75.2 Å². The predicted molar refractivity (Wildman–Crippen MR) is 126 cm³/mol. The van der Waals surface area contributed by atoms with Crippen LogP contribution in [0.2, 0.25) is 0 Å². The fraction of sp³-hybridized carbons (Fsp3) is 0.440. The molecule has 1 fully saturated rings. The third-order valence-corrected chi connectivity index (χ3v) is 5.83. The number of aliphatic imine (C=N–C) groups is 1. The molecule has 2 N–H and O–H groups in total. The largest absolute Gasteiger partial charge is 0.496 e. The summed E-state index contributed by atoms with van der Waals surface area (Å²) in [5.41, 5.74) is 4.28. The highest BCUT2D eigenvalue weighted by molar-refractivity contribution is 5.95. The molecule has 1 atom stereocenters. The number of nitrogens with one attached hydrogen (secondary N) is 2. The zero-order valence-electron chi connectivity index (χ0n) is 19.1. The quantitative estimate of drug-likeness (QED) is 0.514. The van der Waals surface area contributed by atoms with Gasteiger partial charge in [-0.05, 0) is 50.1 Å². The lowest BCUT2D eigenvalue weighted by atomic mass is 10.1. The highest BCUT2D eigenvalue weighted by atomic mass is 16.5. The van der Waals surface area contributed by atoms with Crippen molar-refractivity contribution in [2.45, 2.75) is 52.3 Å². The Morgan fingerprint density at radius 1 is 1.25 bits per heavy atom. The first-order valence-electron chi connectivity index (χ1n) is 11.3. The van der Waals surface area contributed by atoms with Gasteiger partial charge in [0.1, 0.15) is 17.6 Å². The molecule has 170 valence electrons. The maximum atomic E-state index is 11.9. The van der Waals surface area contributed by atoms with Gasteiger partial charge in [0, 0.05) is 49.3 Å². The molecule has 2 aliphatic rings. The predicted octanol–water partition coefficient (Wildman–Crippen LogP) is 3.40. The summed E-state index contributed by atoms with van der Waals surface area (Å²) in [6.45, 7) is 6.83. The van der Waals surface area contributed by atoms with Gasteiger partial charge in [0.05, 0.1) is 13.7 Å². The standard InChI is InChI=1S/C25H32N4O3/c1-4-26-25(27-15-18-7-9-21(10-8-18)29-11-5-6-24(29)30)28-16-20-14-23-19(12-17(2)32-23)13-22(20)31-3/h7-10,13-14,17H,4-6,11-12,15-16H2,1-3H3,(H2,26,27,28). The fourth-order valence-corrected chi connectivity index (χ4v) is 4.20. The zero-order valence-corrected chi connectivity index (χ0v) is 19.1. The van der Waals surface area contributed by atoms with E-state index >= 15 is 0 Å². The Labute approximate surface area is 189 Å². The molecular formula is C25H32N4O3. The fourth-order valence-electron chi connectivity index (χ4n) is 4.20. The number of ether oxygens (including phenoxy) is 2. The number of fused-ring (bicyclic) bond motifs is 1. The van der Waals surface area contributed by atoms with Crippen molar-refractivity contribution in [3.05, 3.63) is 53.1 Å². The van der Waals surface area contributed by atoms with Crippen LogP contribution in [0.1, 0.15) is 43.4 Å². The van der Waals surface area contributed by atoms with E-state index in [0.717, 1.165) is 60.2 Å². The number of carbonyl (C=O) groups excluding carboxylic acids is 1. The van der Waals surface area contributed by atoms with E-state index < -0.39 is 0 Å². The summed E-state index contributed by atoms with van der Waals surface area (Å²) >= 11 is 0. The van der Waals surface area contributed by atoms with Gasteiger partial charge in [-0.3, -0.25) is 4.79 Å². The van der Waals surface area contributed by atoms with Crippen LogP contribution in [-0.4, -0.2) is 38.2 Å². The van der Waals surface area contributed by atoms with Gasteiger partial charge < -0.3 is 25.0 Å². The number of rotatable bonds is 7. The van der Waals surface area contributed by atoms with Crippen LogP contribution in [0.4, 0.5) is 5.69 Å². The van der Waals surface area contributed by atoms with E-state index in [0.29, 0.717) is 19.5 Å². The number of hydrogen-bond donors (Lipinski definition) is 2. The Morgan fingerprint density at radius 3 is 2.75 bits per heavy atom. The molecule has 7 nitrogen and oxygen atoms in total. The molecule has 2 aliphatic heterocycles. The minimum absolute atomic E-state index is 0.201. The van der Waals surface area contributed by atoms with E-state index in [2.05, 4.69) is 29.7 Å². The minimum Gasteiger partial charge on any atom is -0.496 e. The van der Waals surface area contributed by atoms with Gasteiger partial charge in [0.2, 0.25) is 5.91 Å². The third-order valence-electron chi connectivity index (χ3n) is 5.83. The number of anilines is 1. The lowest BCUT2D eigenvalue weighted by Gasteiger charge is -2.16. The van der Waals surface area contributed by atoms with E-state index in [9.17, 15) is 4.79 Å². The van der Waals surface area contributed by atoms with Crippen molar-refractivity contribution in [1.29, 1.82) is 0 Å². The number of amides is 1. The molecule has 2 aromatic rings. The second-order valence-corrected chi connectivity index (χ2v) is 8.27. The SMILES string of the molecule is CCNC(=NCc1ccc(N2CCCC2=O)cc1)NCc1cc2c(cc1OC)CC(C)O2. The summed E-state index contributed by atoms with van der Waals surface area (Å²) < 4.78 is 11.5. The van der Waals surface area contributed by atoms with Gasteiger partial charge in [-0.1, -0.05) is 12.1 Å². The smallest absolute Gasteiger partial charge is 0.227 e. The van der Waals surface area contributed by atoms with E-state index in [1.165, 1.54) is 5.56 Å². The van der Waals surface area contributed by atoms with E-state index in [-0.39, 0.29) is 12.0 Å². The molecule has 2 heterocycles. The highest BCUT2D eigenvalue weighted by Gasteiger charge is 2.22. The monoisotopic (exact) mass is 436 g/mol. The molecular weight excluding hydrogens is 404 g/mol. The number of carbonyl (C=O) groups is 1. The van der Waals surface area contributed by atoms with Crippen molar-refractivity contribution in [3.8, 4) is 11.5 Å². The molecule has 4 rings (SSSR count). The van der Waals surface area contributed by atoms with Crippen molar-refractivity contribution in [1.82, 2.24) is 10.6 Å². The molecule has 0 spiro atoms. The Bertz CT molecular complexity index is 987. The Morgan fingerprint density at radius 2 is 2.06 bits per heavy atom. The van der Waals surface area contributed by atoms with E-state index in [1.807, 2.05) is 36.1 Å². The Balaban J connectivity index is 1.40. The first kappa shape index (κ1) is 22.0. The molecule has 1 saturated heterocycles. The molecule has 0 aromatic heterocycles. The number of guanidine groups is 1. The van der Waals surface area contributed by atoms with Crippen LogP contribution >= 0.6 is 0 Å². The maximum absolute atomic E-state index is 11.9. The average Bonchev–Trinajstić information content (AvgIpc) is 3.39. The number of methoxy groups -OCH3 is 1. The van der Waals surface area contributed by atoms with Crippen molar-refractivity contribution >= 4 is 17.6 Å². The number of nitrogens with zero attached hydrogens (tertiary/aromatic N) is 2. The normalized spacial score (nSPS) is 17.8. The summed E-state index contributed by atoms with van der Waals surface area (Å²) in [7, 11) is 1.70. The van der Waals surface area contributed by atoms with E-state index in [1.54, 1.807) is 7.11 Å². The summed E-state index contributed by atoms with van der Waals surface area (Å²) in [6, 6.07) is 12.2. The van der Waals surface area contributed by atoms with Gasteiger partial charge in [-0.2, -0.15) is 0 Å². The van der Waals surface area contributed by atoms with Crippen LogP contribution in [0, 0.1) is 0 Å². The van der Waals surface area contributed by atoms with Crippen molar-refractivity contribution in [3.63, 3.8) is 0 Å². The molecule has 1 amide bonds. The maximum Gasteiger partial charge on any atom is 0.227 e. The van der Waals surface area contributed by atoms with Crippen molar-refractivity contribution < 1.29 is 14.3 Å². The molecule has 0 saturated carbocycles. The minimum atomic E-state index is 0.201. The Hall–Kier alpha value is -3.22. The van der Waals surface area contributed by atoms with Gasteiger partial charge >= 0.3 is 0 Å². The van der Waals surface area contributed by atoms with Gasteiger partial charge in [-0.25, -0.2) is 4.99 Å². The first-order chi connectivity index (χ1) is 15.6. The molecule has 1 unspecified atom stereocenters. The van der Waals surface area contributed by atoms with Gasteiger partial charge in [0.15, 0.2) is 5.96 Å². The van der Waals surface area contributed by atoms with Gasteiger partial charge in [-0.15, -0.1) is 0 Å². The van der Waals surface area contributed by atoms with Crippen LogP contribution in [0.3, 0.4) is 0 Å². The molecule has 32 heavy (non-hydrogen) atoms. The third kappa shape index (κ3) is 4.98. The second kappa shape index (κ2) is 9.94. The second-order valence-electron chi connectivity index (χ2n) is 8.27. The molecule has 0 aliphatic carbocycles.